The summed E-state index contributed by atoms with van der Waals surface area (Å²) in [5, 5.41) is 5.50. The minimum atomic E-state index is 0.0551. The number of nitrogens with zero attached hydrogens (tertiary/aromatic N) is 3. The van der Waals surface area contributed by atoms with E-state index < -0.39 is 0 Å². The van der Waals surface area contributed by atoms with Crippen molar-refractivity contribution in [2.24, 2.45) is 7.05 Å². The van der Waals surface area contributed by atoms with Gasteiger partial charge in [0, 0.05) is 31.4 Å². The maximum absolute atomic E-state index is 13.3. The van der Waals surface area contributed by atoms with E-state index in [1.807, 2.05) is 22.7 Å². The molecule has 134 valence electrons. The molecule has 0 unspecified atom stereocenters. The second-order valence-corrected chi connectivity index (χ2v) is 7.44. The third kappa shape index (κ3) is 2.90. The van der Waals surface area contributed by atoms with Gasteiger partial charge in [-0.1, -0.05) is 35.9 Å². The Morgan fingerprint density at radius 2 is 1.96 bits per heavy atom. The van der Waals surface area contributed by atoms with Gasteiger partial charge < -0.3 is 4.90 Å². The standard InChI is InChI=1S/C22H25N3O/c1-15-10-11-20-19(13-15)21(23-24(20)3)22(26)25-12-6-8-17(14-25)18-9-5-4-7-16(18)2/h4-5,7,9-11,13,17H,6,8,12,14H2,1-3H3/t17-/m0/s1. The summed E-state index contributed by atoms with van der Waals surface area (Å²) in [4.78, 5) is 15.2. The molecule has 2 heterocycles. The van der Waals surface area contributed by atoms with Crippen molar-refractivity contribution in [3.05, 3.63) is 64.8 Å². The van der Waals surface area contributed by atoms with E-state index >= 15 is 0 Å². The Bertz CT molecular complexity index is 973. The van der Waals surface area contributed by atoms with Crippen molar-refractivity contribution >= 4 is 16.8 Å². The Balaban J connectivity index is 1.64. The lowest BCUT2D eigenvalue weighted by Crippen LogP contribution is -2.39. The lowest BCUT2D eigenvalue weighted by atomic mass is 9.88. The number of rotatable bonds is 2. The van der Waals surface area contributed by atoms with E-state index in [1.165, 1.54) is 11.1 Å². The van der Waals surface area contributed by atoms with Gasteiger partial charge in [-0.3, -0.25) is 9.48 Å². The summed E-state index contributed by atoms with van der Waals surface area (Å²) in [6.45, 7) is 5.79. The van der Waals surface area contributed by atoms with Crippen LogP contribution in [0.2, 0.25) is 0 Å². The highest BCUT2D eigenvalue weighted by molar-refractivity contribution is 6.05. The Hall–Kier alpha value is -2.62. The number of likely N-dealkylation sites (tertiary alicyclic amines) is 1. The Labute approximate surface area is 154 Å². The number of benzene rings is 2. The van der Waals surface area contributed by atoms with Crippen LogP contribution in [0.15, 0.2) is 42.5 Å². The molecule has 1 aromatic heterocycles. The highest BCUT2D eigenvalue weighted by Crippen LogP contribution is 2.30. The van der Waals surface area contributed by atoms with Crippen LogP contribution in [0.25, 0.3) is 10.9 Å². The fourth-order valence-corrected chi connectivity index (χ4v) is 4.15. The second-order valence-electron chi connectivity index (χ2n) is 7.44. The molecule has 1 atom stereocenters. The van der Waals surface area contributed by atoms with Crippen LogP contribution in [0, 0.1) is 13.8 Å². The average Bonchev–Trinajstić information content (AvgIpc) is 2.97. The number of aryl methyl sites for hydroxylation is 3. The molecule has 0 saturated carbocycles. The van der Waals surface area contributed by atoms with Gasteiger partial charge in [-0.15, -0.1) is 0 Å². The first-order valence-corrected chi connectivity index (χ1v) is 9.33. The molecule has 1 fully saturated rings. The predicted octanol–water partition coefficient (Wildman–Crippen LogP) is 4.21. The fourth-order valence-electron chi connectivity index (χ4n) is 4.15. The number of piperidine rings is 1. The molecule has 4 nitrogen and oxygen atoms in total. The van der Waals surface area contributed by atoms with Crippen molar-refractivity contribution in [2.45, 2.75) is 32.6 Å². The maximum Gasteiger partial charge on any atom is 0.275 e. The van der Waals surface area contributed by atoms with Gasteiger partial charge >= 0.3 is 0 Å². The van der Waals surface area contributed by atoms with E-state index in [4.69, 9.17) is 0 Å². The van der Waals surface area contributed by atoms with Crippen LogP contribution in [0.3, 0.4) is 0 Å². The van der Waals surface area contributed by atoms with Crippen molar-refractivity contribution in [2.75, 3.05) is 13.1 Å². The summed E-state index contributed by atoms with van der Waals surface area (Å²) >= 11 is 0. The minimum Gasteiger partial charge on any atom is -0.337 e. The number of carbonyl (C=O) groups is 1. The van der Waals surface area contributed by atoms with E-state index in [0.717, 1.165) is 42.4 Å². The lowest BCUT2D eigenvalue weighted by molar-refractivity contribution is 0.0702. The van der Waals surface area contributed by atoms with Crippen LogP contribution < -0.4 is 0 Å². The van der Waals surface area contributed by atoms with Gasteiger partial charge in [-0.25, -0.2) is 0 Å². The summed E-state index contributed by atoms with van der Waals surface area (Å²) in [5.41, 5.74) is 5.41. The lowest BCUT2D eigenvalue weighted by Gasteiger charge is -2.33. The molecule has 0 N–H and O–H groups in total. The first-order chi connectivity index (χ1) is 12.5. The van der Waals surface area contributed by atoms with E-state index in [0.29, 0.717) is 11.6 Å². The largest absolute Gasteiger partial charge is 0.337 e. The van der Waals surface area contributed by atoms with Gasteiger partial charge in [0.2, 0.25) is 0 Å². The summed E-state index contributed by atoms with van der Waals surface area (Å²) in [5.74, 6) is 0.463. The third-order valence-electron chi connectivity index (χ3n) is 5.55. The van der Waals surface area contributed by atoms with Crippen molar-refractivity contribution in [1.29, 1.82) is 0 Å². The van der Waals surface area contributed by atoms with Crippen molar-refractivity contribution in [3.63, 3.8) is 0 Å². The molecule has 3 aromatic rings. The molecule has 2 aromatic carbocycles. The molecule has 1 aliphatic heterocycles. The van der Waals surface area contributed by atoms with Crippen LogP contribution in [0.1, 0.15) is 45.9 Å². The summed E-state index contributed by atoms with van der Waals surface area (Å²) in [6, 6.07) is 14.7. The number of aromatic nitrogens is 2. The summed E-state index contributed by atoms with van der Waals surface area (Å²) in [7, 11) is 1.90. The van der Waals surface area contributed by atoms with Crippen LogP contribution in [-0.2, 0) is 7.05 Å². The normalized spacial score (nSPS) is 17.7. The van der Waals surface area contributed by atoms with Crippen molar-refractivity contribution in [3.8, 4) is 0 Å². The number of hydrogen-bond acceptors (Lipinski definition) is 2. The van der Waals surface area contributed by atoms with Crippen LogP contribution in [0.4, 0.5) is 0 Å². The molecular formula is C22H25N3O. The first-order valence-electron chi connectivity index (χ1n) is 9.33. The molecule has 0 bridgehead atoms. The number of amides is 1. The van der Waals surface area contributed by atoms with Gasteiger partial charge in [-0.2, -0.15) is 5.10 Å². The number of carbonyl (C=O) groups excluding carboxylic acids is 1. The smallest absolute Gasteiger partial charge is 0.275 e. The molecule has 26 heavy (non-hydrogen) atoms. The minimum absolute atomic E-state index is 0.0551. The van der Waals surface area contributed by atoms with E-state index in [9.17, 15) is 4.79 Å². The second kappa shape index (κ2) is 6.60. The number of hydrogen-bond donors (Lipinski definition) is 0. The van der Waals surface area contributed by atoms with E-state index in [-0.39, 0.29) is 5.91 Å². The molecule has 1 saturated heterocycles. The third-order valence-corrected chi connectivity index (χ3v) is 5.55. The van der Waals surface area contributed by atoms with Crippen LogP contribution in [-0.4, -0.2) is 33.7 Å². The van der Waals surface area contributed by atoms with Crippen molar-refractivity contribution in [1.82, 2.24) is 14.7 Å². The van der Waals surface area contributed by atoms with Gasteiger partial charge in [-0.05, 0) is 49.9 Å². The summed E-state index contributed by atoms with van der Waals surface area (Å²) < 4.78 is 1.81. The van der Waals surface area contributed by atoms with Gasteiger partial charge in [0.05, 0.1) is 5.52 Å². The summed E-state index contributed by atoms with van der Waals surface area (Å²) in [6.07, 6.45) is 2.17. The Kier molecular flexibility index (Phi) is 4.27. The van der Waals surface area contributed by atoms with Gasteiger partial charge in [0.15, 0.2) is 5.69 Å². The molecule has 4 rings (SSSR count). The van der Waals surface area contributed by atoms with E-state index in [1.54, 1.807) is 0 Å². The highest BCUT2D eigenvalue weighted by atomic mass is 16.2. The molecule has 0 radical (unpaired) electrons. The molecule has 0 aliphatic carbocycles. The fraction of sp³-hybridized carbons (Fsp3) is 0.364. The molecule has 1 aliphatic rings. The zero-order valence-electron chi connectivity index (χ0n) is 15.7. The maximum atomic E-state index is 13.3. The Morgan fingerprint density at radius 3 is 2.77 bits per heavy atom. The zero-order chi connectivity index (χ0) is 18.3. The SMILES string of the molecule is Cc1ccc2c(c1)c(C(=O)N1CCC[C@H](c3ccccc3C)C1)nn2C. The molecular weight excluding hydrogens is 322 g/mol. The van der Waals surface area contributed by atoms with Crippen LogP contribution in [0.5, 0.6) is 0 Å². The monoisotopic (exact) mass is 347 g/mol. The molecule has 4 heteroatoms. The molecule has 0 spiro atoms. The number of fused-ring (bicyclic) bond motifs is 1. The van der Waals surface area contributed by atoms with Gasteiger partial charge in [0.25, 0.3) is 5.91 Å². The topological polar surface area (TPSA) is 38.1 Å². The van der Waals surface area contributed by atoms with E-state index in [2.05, 4.69) is 55.3 Å². The van der Waals surface area contributed by atoms with Crippen molar-refractivity contribution < 1.29 is 4.79 Å². The first kappa shape index (κ1) is 16.8. The van der Waals surface area contributed by atoms with Crippen LogP contribution >= 0.6 is 0 Å². The Morgan fingerprint density at radius 1 is 1.15 bits per heavy atom. The quantitative estimate of drug-likeness (QED) is 0.696. The zero-order valence-corrected chi connectivity index (χ0v) is 15.7. The molecule has 1 amide bonds. The average molecular weight is 347 g/mol. The predicted molar refractivity (Wildman–Crippen MR) is 105 cm³/mol. The highest BCUT2D eigenvalue weighted by Gasteiger charge is 2.28. The van der Waals surface area contributed by atoms with Gasteiger partial charge in [0.1, 0.15) is 0 Å².